The van der Waals surface area contributed by atoms with Gasteiger partial charge < -0.3 is 14.8 Å². The molecule has 0 saturated carbocycles. The number of rotatable bonds is 4. The van der Waals surface area contributed by atoms with Gasteiger partial charge in [0, 0.05) is 17.5 Å². The summed E-state index contributed by atoms with van der Waals surface area (Å²) in [5.74, 6) is -0.583. The number of ether oxygens (including phenoxy) is 2. The van der Waals surface area contributed by atoms with Gasteiger partial charge in [-0.3, -0.25) is 4.79 Å². The molecule has 2 aromatic rings. The van der Waals surface area contributed by atoms with Gasteiger partial charge in [0.25, 0.3) is 5.91 Å². The van der Waals surface area contributed by atoms with Gasteiger partial charge in [0.1, 0.15) is 23.4 Å². The zero-order valence-electron chi connectivity index (χ0n) is 13.7. The maximum atomic E-state index is 13.4. The number of fused-ring (bicyclic) bond motifs is 1. The molecular weight excluding hydrogens is 354 g/mol. The molecule has 2 aromatic carbocycles. The molecule has 0 bridgehead atoms. The van der Waals surface area contributed by atoms with Crippen LogP contribution < -0.4 is 14.8 Å². The lowest BCUT2D eigenvalue weighted by Gasteiger charge is -2.13. The summed E-state index contributed by atoms with van der Waals surface area (Å²) in [5.41, 5.74) is -0.692. The summed E-state index contributed by atoms with van der Waals surface area (Å²) in [7, 11) is 1.55. The SMILES string of the molecule is COc1ccc2c(c1)C[C@H](CNC(=O)c1cc(F)cc(C(F)(F)F)c1)O2. The lowest BCUT2D eigenvalue weighted by atomic mass is 10.1. The minimum absolute atomic E-state index is 0.0771. The van der Waals surface area contributed by atoms with Gasteiger partial charge in [-0.2, -0.15) is 13.2 Å². The second-order valence-corrected chi connectivity index (χ2v) is 5.85. The number of carbonyl (C=O) groups is 1. The van der Waals surface area contributed by atoms with E-state index in [0.29, 0.717) is 30.1 Å². The summed E-state index contributed by atoms with van der Waals surface area (Å²) >= 11 is 0. The zero-order chi connectivity index (χ0) is 18.9. The lowest BCUT2D eigenvalue weighted by Crippen LogP contribution is -2.34. The van der Waals surface area contributed by atoms with E-state index < -0.39 is 29.0 Å². The van der Waals surface area contributed by atoms with Crippen molar-refractivity contribution in [3.63, 3.8) is 0 Å². The van der Waals surface area contributed by atoms with E-state index >= 15 is 0 Å². The molecule has 3 rings (SSSR count). The first-order valence-electron chi connectivity index (χ1n) is 7.76. The van der Waals surface area contributed by atoms with Gasteiger partial charge in [0.15, 0.2) is 0 Å². The van der Waals surface area contributed by atoms with Crippen LogP contribution in [0.3, 0.4) is 0 Å². The summed E-state index contributed by atoms with van der Waals surface area (Å²) in [4.78, 5) is 12.1. The van der Waals surface area contributed by atoms with Crippen molar-refractivity contribution < 1.29 is 31.8 Å². The fourth-order valence-corrected chi connectivity index (χ4v) is 2.73. The third-order valence-corrected chi connectivity index (χ3v) is 3.99. The highest BCUT2D eigenvalue weighted by Gasteiger charge is 2.32. The average Bonchev–Trinajstić information content (AvgIpc) is 3.00. The molecule has 1 atom stereocenters. The minimum Gasteiger partial charge on any atom is -0.497 e. The predicted molar refractivity (Wildman–Crippen MR) is 84.8 cm³/mol. The van der Waals surface area contributed by atoms with Crippen molar-refractivity contribution in [3.8, 4) is 11.5 Å². The molecule has 0 unspecified atom stereocenters. The van der Waals surface area contributed by atoms with Gasteiger partial charge in [-0.1, -0.05) is 0 Å². The standard InChI is InChI=1S/C18H15F4NO3/c1-25-14-2-3-16-10(6-14)7-15(26-16)9-23-17(24)11-4-12(18(20,21)22)8-13(19)5-11/h2-6,8,15H,7,9H2,1H3,(H,23,24)/t15-/m1/s1. The van der Waals surface area contributed by atoms with Gasteiger partial charge in [0.2, 0.25) is 0 Å². The molecule has 1 aliphatic rings. The molecule has 1 heterocycles. The van der Waals surface area contributed by atoms with E-state index in [1.807, 2.05) is 6.07 Å². The largest absolute Gasteiger partial charge is 0.497 e. The molecule has 1 aliphatic heterocycles. The Kier molecular flexibility index (Phi) is 4.76. The summed E-state index contributed by atoms with van der Waals surface area (Å²) < 4.78 is 62.4. The second kappa shape index (κ2) is 6.86. The van der Waals surface area contributed by atoms with Crippen molar-refractivity contribution in [3.05, 3.63) is 58.9 Å². The van der Waals surface area contributed by atoms with Crippen LogP contribution in [0.5, 0.6) is 11.5 Å². The molecule has 4 nitrogen and oxygen atoms in total. The predicted octanol–water partition coefficient (Wildman–Crippen LogP) is 3.59. The Bertz CT molecular complexity index is 836. The van der Waals surface area contributed by atoms with Crippen LogP contribution in [-0.2, 0) is 12.6 Å². The van der Waals surface area contributed by atoms with Crippen molar-refractivity contribution >= 4 is 5.91 Å². The molecule has 0 fully saturated rings. The first-order chi connectivity index (χ1) is 12.3. The van der Waals surface area contributed by atoms with E-state index in [2.05, 4.69) is 5.32 Å². The summed E-state index contributed by atoms with van der Waals surface area (Å²) in [6.07, 6.45) is -4.58. The topological polar surface area (TPSA) is 47.6 Å². The van der Waals surface area contributed by atoms with E-state index in [1.165, 1.54) is 0 Å². The van der Waals surface area contributed by atoms with E-state index in [1.54, 1.807) is 19.2 Å². The Balaban J connectivity index is 1.64. The molecule has 0 aliphatic carbocycles. The van der Waals surface area contributed by atoms with Crippen molar-refractivity contribution in [2.45, 2.75) is 18.7 Å². The molecule has 0 radical (unpaired) electrons. The molecule has 0 spiro atoms. The Labute approximate surface area is 146 Å². The Morgan fingerprint density at radius 3 is 2.73 bits per heavy atom. The fourth-order valence-electron chi connectivity index (χ4n) is 2.73. The maximum Gasteiger partial charge on any atom is 0.416 e. The normalized spacial score (nSPS) is 16.0. The van der Waals surface area contributed by atoms with Gasteiger partial charge in [0.05, 0.1) is 19.2 Å². The van der Waals surface area contributed by atoms with Crippen LogP contribution in [0.2, 0.25) is 0 Å². The van der Waals surface area contributed by atoms with Crippen LogP contribution in [0.1, 0.15) is 21.5 Å². The van der Waals surface area contributed by atoms with Crippen LogP contribution >= 0.6 is 0 Å². The van der Waals surface area contributed by atoms with Gasteiger partial charge in [-0.25, -0.2) is 4.39 Å². The van der Waals surface area contributed by atoms with Crippen LogP contribution in [0, 0.1) is 5.82 Å². The van der Waals surface area contributed by atoms with Crippen molar-refractivity contribution in [2.75, 3.05) is 13.7 Å². The van der Waals surface area contributed by atoms with E-state index in [9.17, 15) is 22.4 Å². The van der Waals surface area contributed by atoms with E-state index in [-0.39, 0.29) is 12.6 Å². The number of nitrogens with one attached hydrogen (secondary N) is 1. The highest BCUT2D eigenvalue weighted by molar-refractivity contribution is 5.94. The highest BCUT2D eigenvalue weighted by Crippen LogP contribution is 2.32. The molecule has 8 heteroatoms. The van der Waals surface area contributed by atoms with Crippen LogP contribution in [-0.4, -0.2) is 25.7 Å². The summed E-state index contributed by atoms with van der Waals surface area (Å²) in [6.45, 7) is 0.0771. The second-order valence-electron chi connectivity index (χ2n) is 5.85. The van der Waals surface area contributed by atoms with Crippen molar-refractivity contribution in [1.82, 2.24) is 5.32 Å². The van der Waals surface area contributed by atoms with Gasteiger partial charge >= 0.3 is 6.18 Å². The minimum atomic E-state index is -4.73. The van der Waals surface area contributed by atoms with Crippen molar-refractivity contribution in [2.24, 2.45) is 0 Å². The lowest BCUT2D eigenvalue weighted by molar-refractivity contribution is -0.137. The first kappa shape index (κ1) is 18.0. The third-order valence-electron chi connectivity index (χ3n) is 3.99. The number of halogens is 4. The van der Waals surface area contributed by atoms with Crippen LogP contribution in [0.4, 0.5) is 17.6 Å². The smallest absolute Gasteiger partial charge is 0.416 e. The summed E-state index contributed by atoms with van der Waals surface area (Å²) in [6, 6.07) is 7.04. The zero-order valence-corrected chi connectivity index (χ0v) is 13.7. The monoisotopic (exact) mass is 369 g/mol. The molecule has 26 heavy (non-hydrogen) atoms. The van der Waals surface area contributed by atoms with Gasteiger partial charge in [-0.05, 0) is 36.4 Å². The van der Waals surface area contributed by atoms with Crippen molar-refractivity contribution in [1.29, 1.82) is 0 Å². The Morgan fingerprint density at radius 2 is 2.04 bits per heavy atom. The summed E-state index contributed by atoms with van der Waals surface area (Å²) in [5, 5.41) is 2.48. The number of carbonyl (C=O) groups excluding carboxylic acids is 1. The molecular formula is C18H15F4NO3. The van der Waals surface area contributed by atoms with Crippen LogP contribution in [0.25, 0.3) is 0 Å². The molecule has 1 amide bonds. The number of methoxy groups -OCH3 is 1. The molecule has 1 N–H and O–H groups in total. The van der Waals surface area contributed by atoms with Gasteiger partial charge in [-0.15, -0.1) is 0 Å². The number of amides is 1. The Hall–Kier alpha value is -2.77. The highest BCUT2D eigenvalue weighted by atomic mass is 19.4. The number of alkyl halides is 3. The third kappa shape index (κ3) is 3.89. The van der Waals surface area contributed by atoms with Crippen LogP contribution in [0.15, 0.2) is 36.4 Å². The van der Waals surface area contributed by atoms with E-state index in [4.69, 9.17) is 9.47 Å². The first-order valence-corrected chi connectivity index (χ1v) is 7.76. The number of hydrogen-bond acceptors (Lipinski definition) is 3. The molecule has 138 valence electrons. The molecule has 0 saturated heterocycles. The maximum absolute atomic E-state index is 13.4. The average molecular weight is 369 g/mol. The number of benzene rings is 2. The quantitative estimate of drug-likeness (QED) is 0.838. The van der Waals surface area contributed by atoms with E-state index in [0.717, 1.165) is 11.6 Å². The number of hydrogen-bond donors (Lipinski definition) is 1. The Morgan fingerprint density at radius 1 is 1.27 bits per heavy atom. The molecule has 0 aromatic heterocycles. The fraction of sp³-hybridized carbons (Fsp3) is 0.278.